The van der Waals surface area contributed by atoms with Gasteiger partial charge < -0.3 is 9.47 Å². The number of azide groups is 1. The van der Waals surface area contributed by atoms with Crippen LogP contribution in [0.1, 0.15) is 53.7 Å². The largest absolute Gasteiger partial charge is 0.456 e. The first kappa shape index (κ1) is 24.8. The van der Waals surface area contributed by atoms with Gasteiger partial charge in [-0.1, -0.05) is 53.6 Å². The molecule has 0 heterocycles. The van der Waals surface area contributed by atoms with Gasteiger partial charge in [0.15, 0.2) is 0 Å². The van der Waals surface area contributed by atoms with E-state index in [0.29, 0.717) is 11.3 Å². The first-order chi connectivity index (χ1) is 17.1. The first-order valence-corrected chi connectivity index (χ1v) is 11.6. The van der Waals surface area contributed by atoms with Crippen molar-refractivity contribution in [2.24, 2.45) is 5.11 Å². The summed E-state index contributed by atoms with van der Waals surface area (Å²) in [6.45, 7) is 7.15. The number of nitrogens with zero attached hydrogens (tertiary/aromatic N) is 4. The van der Waals surface area contributed by atoms with E-state index in [9.17, 15) is 9.59 Å². The molecule has 0 fully saturated rings. The molecule has 0 spiro atoms. The van der Waals surface area contributed by atoms with Crippen molar-refractivity contribution in [3.05, 3.63) is 93.4 Å². The molecule has 8 nitrogen and oxygen atoms in total. The Hall–Kier alpha value is -4.29. The van der Waals surface area contributed by atoms with Gasteiger partial charge in [0, 0.05) is 23.6 Å². The third-order valence-electron chi connectivity index (χ3n) is 6.11. The molecule has 3 aromatic rings. The van der Waals surface area contributed by atoms with E-state index in [4.69, 9.17) is 15.0 Å². The molecule has 1 amide bonds. The normalized spacial score (nSPS) is 12.2. The highest BCUT2D eigenvalue weighted by molar-refractivity contribution is 5.96. The van der Waals surface area contributed by atoms with Gasteiger partial charge in [0.1, 0.15) is 12.2 Å². The molecule has 1 aliphatic rings. The summed E-state index contributed by atoms with van der Waals surface area (Å²) < 4.78 is 11.2. The Morgan fingerprint density at radius 2 is 1.61 bits per heavy atom. The Balaban J connectivity index is 1.59. The minimum absolute atomic E-state index is 0.0808. The van der Waals surface area contributed by atoms with Gasteiger partial charge in [0.2, 0.25) is 0 Å². The number of hydrogen-bond donors (Lipinski definition) is 0. The van der Waals surface area contributed by atoms with Crippen LogP contribution in [0.2, 0.25) is 0 Å². The van der Waals surface area contributed by atoms with Crippen LogP contribution in [0.25, 0.3) is 21.6 Å². The molecule has 0 saturated carbocycles. The van der Waals surface area contributed by atoms with E-state index < -0.39 is 17.7 Å². The van der Waals surface area contributed by atoms with Crippen LogP contribution in [0, 0.1) is 6.92 Å². The number of esters is 1. The maximum atomic E-state index is 13.1. The van der Waals surface area contributed by atoms with E-state index in [1.807, 2.05) is 24.3 Å². The van der Waals surface area contributed by atoms with Gasteiger partial charge in [0.25, 0.3) is 0 Å². The van der Waals surface area contributed by atoms with Crippen molar-refractivity contribution in [1.82, 2.24) is 0 Å². The van der Waals surface area contributed by atoms with Gasteiger partial charge in [-0.2, -0.15) is 0 Å². The Bertz CT molecular complexity index is 1340. The van der Waals surface area contributed by atoms with Crippen molar-refractivity contribution >= 4 is 23.4 Å². The summed E-state index contributed by atoms with van der Waals surface area (Å²) in [5, 5.41) is 3.70. The molecule has 36 heavy (non-hydrogen) atoms. The standard InChI is InChI=1S/C28H28N4O4/c1-17-24(30-31-29)14-18(26(33)36-28(2,3)4)15-25(17)32(5)27(34)35-16-23-21-12-8-6-10-19(21)20-11-7-9-13-22(20)23/h6-15,23H,16H2,1-5H3. The molecule has 3 aromatic carbocycles. The molecule has 1 aliphatic carbocycles. The second kappa shape index (κ2) is 9.76. The van der Waals surface area contributed by atoms with Crippen LogP contribution >= 0.6 is 0 Å². The van der Waals surface area contributed by atoms with Crippen LogP contribution in [0.5, 0.6) is 0 Å². The smallest absolute Gasteiger partial charge is 0.414 e. The SMILES string of the molecule is Cc1c(N=[N+]=[N-])cc(C(=O)OC(C)(C)C)cc1N(C)C(=O)OCC1c2ccccc2-c2ccccc21. The summed E-state index contributed by atoms with van der Waals surface area (Å²) in [5.41, 5.74) is 14.1. The van der Waals surface area contributed by atoms with Gasteiger partial charge in [0.05, 0.1) is 11.3 Å². The fourth-order valence-corrected chi connectivity index (χ4v) is 4.43. The summed E-state index contributed by atoms with van der Waals surface area (Å²) in [5.74, 6) is -0.665. The lowest BCUT2D eigenvalue weighted by Gasteiger charge is -2.24. The van der Waals surface area contributed by atoms with Crippen LogP contribution in [-0.4, -0.2) is 31.3 Å². The zero-order chi connectivity index (χ0) is 26.0. The monoisotopic (exact) mass is 484 g/mol. The van der Waals surface area contributed by atoms with Gasteiger partial charge >= 0.3 is 12.1 Å². The van der Waals surface area contributed by atoms with Crippen molar-refractivity contribution in [2.75, 3.05) is 18.6 Å². The molecule has 0 aromatic heterocycles. The summed E-state index contributed by atoms with van der Waals surface area (Å²) in [7, 11) is 1.56. The van der Waals surface area contributed by atoms with Crippen LogP contribution in [0.4, 0.5) is 16.2 Å². The topological polar surface area (TPSA) is 105 Å². The molecule has 0 saturated heterocycles. The Labute approximate surface area is 210 Å². The molecule has 0 bridgehead atoms. The summed E-state index contributed by atoms with van der Waals surface area (Å²) in [4.78, 5) is 30.0. The van der Waals surface area contributed by atoms with Gasteiger partial charge in [-0.3, -0.25) is 4.90 Å². The molecule has 0 aliphatic heterocycles. The number of benzene rings is 3. The fourth-order valence-electron chi connectivity index (χ4n) is 4.43. The number of rotatable bonds is 5. The lowest BCUT2D eigenvalue weighted by atomic mass is 9.98. The van der Waals surface area contributed by atoms with E-state index in [1.165, 1.54) is 11.0 Å². The average Bonchev–Trinajstić information content (AvgIpc) is 3.16. The van der Waals surface area contributed by atoms with E-state index in [2.05, 4.69) is 34.3 Å². The van der Waals surface area contributed by atoms with E-state index in [0.717, 1.165) is 22.3 Å². The highest BCUT2D eigenvalue weighted by Crippen LogP contribution is 2.44. The molecule has 184 valence electrons. The van der Waals surface area contributed by atoms with Crippen molar-refractivity contribution in [2.45, 2.75) is 39.2 Å². The number of hydrogen-bond acceptors (Lipinski definition) is 5. The number of anilines is 1. The predicted octanol–water partition coefficient (Wildman–Crippen LogP) is 7.28. The van der Waals surface area contributed by atoms with Crippen molar-refractivity contribution in [1.29, 1.82) is 0 Å². The van der Waals surface area contributed by atoms with Crippen LogP contribution in [-0.2, 0) is 9.47 Å². The minimum Gasteiger partial charge on any atom is -0.456 e. The van der Waals surface area contributed by atoms with Crippen molar-refractivity contribution < 1.29 is 19.1 Å². The molecule has 8 heteroatoms. The highest BCUT2D eigenvalue weighted by Gasteiger charge is 2.30. The Kier molecular flexibility index (Phi) is 6.73. The number of carbonyl (C=O) groups excluding carboxylic acids is 2. The van der Waals surface area contributed by atoms with Crippen LogP contribution in [0.15, 0.2) is 65.8 Å². The molecular formula is C28H28N4O4. The van der Waals surface area contributed by atoms with E-state index in [1.54, 1.807) is 40.8 Å². The Morgan fingerprint density at radius 1 is 1.03 bits per heavy atom. The maximum absolute atomic E-state index is 13.1. The lowest BCUT2D eigenvalue weighted by Crippen LogP contribution is -2.29. The molecule has 0 N–H and O–H groups in total. The van der Waals surface area contributed by atoms with Crippen molar-refractivity contribution in [3.8, 4) is 11.1 Å². The van der Waals surface area contributed by atoms with E-state index >= 15 is 0 Å². The third kappa shape index (κ3) is 4.90. The average molecular weight is 485 g/mol. The van der Waals surface area contributed by atoms with Crippen molar-refractivity contribution in [3.63, 3.8) is 0 Å². The number of fused-ring (bicyclic) bond motifs is 3. The summed E-state index contributed by atoms with van der Waals surface area (Å²) in [6, 6.07) is 19.2. The Morgan fingerprint density at radius 3 is 2.17 bits per heavy atom. The summed E-state index contributed by atoms with van der Waals surface area (Å²) in [6.07, 6.45) is -0.590. The number of carbonyl (C=O) groups is 2. The zero-order valence-electron chi connectivity index (χ0n) is 21.0. The molecule has 4 rings (SSSR count). The lowest BCUT2D eigenvalue weighted by molar-refractivity contribution is 0.00694. The maximum Gasteiger partial charge on any atom is 0.414 e. The third-order valence-corrected chi connectivity index (χ3v) is 6.11. The second-order valence-electron chi connectivity index (χ2n) is 9.69. The molecular weight excluding hydrogens is 456 g/mol. The van der Waals surface area contributed by atoms with Gasteiger partial charge in [-0.15, -0.1) is 0 Å². The first-order valence-electron chi connectivity index (χ1n) is 11.6. The van der Waals surface area contributed by atoms with E-state index in [-0.39, 0.29) is 23.8 Å². The van der Waals surface area contributed by atoms with Gasteiger partial charge in [-0.25, -0.2) is 9.59 Å². The molecule has 0 unspecified atom stereocenters. The molecule has 0 atom stereocenters. The minimum atomic E-state index is -0.709. The van der Waals surface area contributed by atoms with Gasteiger partial charge in [-0.05, 0) is 73.2 Å². The predicted molar refractivity (Wildman–Crippen MR) is 139 cm³/mol. The fraction of sp³-hybridized carbons (Fsp3) is 0.286. The summed E-state index contributed by atoms with van der Waals surface area (Å²) >= 11 is 0. The van der Waals surface area contributed by atoms with Crippen LogP contribution in [0.3, 0.4) is 0 Å². The second-order valence-corrected chi connectivity index (χ2v) is 9.69. The molecule has 0 radical (unpaired) electrons. The number of amides is 1. The number of ether oxygens (including phenoxy) is 2. The zero-order valence-corrected chi connectivity index (χ0v) is 21.0. The van der Waals surface area contributed by atoms with Crippen LogP contribution < -0.4 is 4.90 Å². The quantitative estimate of drug-likeness (QED) is 0.164. The highest BCUT2D eigenvalue weighted by atomic mass is 16.6.